The molecule has 118 valence electrons. The number of nitrogens with zero attached hydrogens (tertiary/aromatic N) is 1. The first-order valence-electron chi connectivity index (χ1n) is 8.61. The van der Waals surface area contributed by atoms with Gasteiger partial charge >= 0.3 is 0 Å². The second-order valence-electron chi connectivity index (χ2n) is 6.81. The van der Waals surface area contributed by atoms with Gasteiger partial charge in [0, 0.05) is 12.8 Å². The van der Waals surface area contributed by atoms with E-state index in [0.717, 1.165) is 18.9 Å². The quantitative estimate of drug-likeness (QED) is 0.531. The molecule has 1 nitrogen and oxygen atoms in total. The lowest BCUT2D eigenvalue weighted by molar-refractivity contribution is 0.448. The highest BCUT2D eigenvalue weighted by Crippen LogP contribution is 2.24. The van der Waals surface area contributed by atoms with E-state index in [0.29, 0.717) is 11.8 Å². The average molecular weight is 287 g/mol. The summed E-state index contributed by atoms with van der Waals surface area (Å²) in [6, 6.07) is 6.70. The maximum Gasteiger partial charge on any atom is 0.0415 e. The minimum Gasteiger partial charge on any atom is -0.292 e. The van der Waals surface area contributed by atoms with Crippen molar-refractivity contribution < 1.29 is 0 Å². The van der Waals surface area contributed by atoms with Crippen LogP contribution in [0.4, 0.5) is 0 Å². The van der Waals surface area contributed by atoms with Gasteiger partial charge in [-0.2, -0.15) is 0 Å². The van der Waals surface area contributed by atoms with Crippen molar-refractivity contribution in [2.45, 2.75) is 66.7 Å². The largest absolute Gasteiger partial charge is 0.292 e. The van der Waals surface area contributed by atoms with E-state index in [1.807, 2.05) is 0 Å². The molecule has 0 spiro atoms. The van der Waals surface area contributed by atoms with E-state index in [2.05, 4.69) is 66.0 Å². The zero-order chi connectivity index (χ0) is 15.8. The Hall–Kier alpha value is -1.11. The summed E-state index contributed by atoms with van der Waals surface area (Å²) < 4.78 is 0. The van der Waals surface area contributed by atoms with Gasteiger partial charge in [-0.1, -0.05) is 59.7 Å². The van der Waals surface area contributed by atoms with Crippen LogP contribution >= 0.6 is 0 Å². The molecule has 2 atom stereocenters. The van der Waals surface area contributed by atoms with Crippen molar-refractivity contribution in [3.8, 4) is 0 Å². The topological polar surface area (TPSA) is 12.4 Å². The van der Waals surface area contributed by atoms with Crippen molar-refractivity contribution in [2.24, 2.45) is 16.8 Å². The molecular formula is C20H33N. The van der Waals surface area contributed by atoms with Gasteiger partial charge in [0.05, 0.1) is 0 Å². The third kappa shape index (κ3) is 5.65. The van der Waals surface area contributed by atoms with Gasteiger partial charge in [-0.25, -0.2) is 0 Å². The molecule has 0 heterocycles. The summed E-state index contributed by atoms with van der Waals surface area (Å²) in [7, 11) is 0. The fraction of sp³-hybridized carbons (Fsp3) is 0.650. The molecule has 0 aliphatic rings. The number of rotatable bonds is 8. The molecule has 0 amide bonds. The molecule has 0 aliphatic heterocycles. The van der Waals surface area contributed by atoms with Gasteiger partial charge < -0.3 is 0 Å². The number of benzene rings is 1. The predicted octanol–water partition coefficient (Wildman–Crippen LogP) is 5.86. The Morgan fingerprint density at radius 3 is 2.38 bits per heavy atom. The highest BCUT2D eigenvalue weighted by Gasteiger charge is 2.11. The van der Waals surface area contributed by atoms with Crippen molar-refractivity contribution in [2.75, 3.05) is 6.54 Å². The van der Waals surface area contributed by atoms with Crippen LogP contribution < -0.4 is 0 Å². The minimum absolute atomic E-state index is 0.603. The van der Waals surface area contributed by atoms with E-state index in [9.17, 15) is 0 Å². The first-order valence-corrected chi connectivity index (χ1v) is 8.61. The molecular weight excluding hydrogens is 254 g/mol. The van der Waals surface area contributed by atoms with Crippen LogP contribution in [0.3, 0.4) is 0 Å². The van der Waals surface area contributed by atoms with Gasteiger partial charge in [-0.3, -0.25) is 4.99 Å². The van der Waals surface area contributed by atoms with Crippen LogP contribution in [-0.4, -0.2) is 12.8 Å². The minimum atomic E-state index is 0.603. The number of aliphatic imine (C=N–C) groups is 1. The zero-order valence-electron chi connectivity index (χ0n) is 14.8. The summed E-state index contributed by atoms with van der Waals surface area (Å²) in [6.07, 6.45) is 5.65. The Morgan fingerprint density at radius 2 is 1.81 bits per heavy atom. The normalized spacial score (nSPS) is 14.8. The molecule has 1 heteroatoms. The van der Waals surface area contributed by atoms with Crippen molar-refractivity contribution >= 4 is 6.21 Å². The predicted molar refractivity (Wildman–Crippen MR) is 95.6 cm³/mol. The van der Waals surface area contributed by atoms with E-state index in [4.69, 9.17) is 4.99 Å². The van der Waals surface area contributed by atoms with E-state index in [1.54, 1.807) is 0 Å². The summed E-state index contributed by atoms with van der Waals surface area (Å²) >= 11 is 0. The lowest BCUT2D eigenvalue weighted by Crippen LogP contribution is -2.06. The standard InChI is InChI=1S/C20H33N/c1-7-17(6)19-11-9-10-18(8-2)20(19)14-21-13-16(5)12-15(3)4/h9-11,14-17H,7-8,12-13H2,1-6H3. The van der Waals surface area contributed by atoms with E-state index >= 15 is 0 Å². The van der Waals surface area contributed by atoms with Crippen LogP contribution in [0.15, 0.2) is 23.2 Å². The summed E-state index contributed by atoms with van der Waals surface area (Å²) in [4.78, 5) is 4.76. The fourth-order valence-corrected chi connectivity index (χ4v) is 2.95. The summed E-state index contributed by atoms with van der Waals surface area (Å²) in [5.41, 5.74) is 4.25. The SMILES string of the molecule is CCc1cccc(C(C)CC)c1C=NCC(C)CC(C)C. The Morgan fingerprint density at radius 1 is 1.10 bits per heavy atom. The van der Waals surface area contributed by atoms with Gasteiger partial charge in [0.2, 0.25) is 0 Å². The lowest BCUT2D eigenvalue weighted by Gasteiger charge is -2.16. The number of hydrogen-bond acceptors (Lipinski definition) is 1. The second kappa shape index (κ2) is 9.02. The van der Waals surface area contributed by atoms with Gasteiger partial charge in [0.1, 0.15) is 0 Å². The van der Waals surface area contributed by atoms with Crippen LogP contribution in [0.2, 0.25) is 0 Å². The van der Waals surface area contributed by atoms with Gasteiger partial charge in [-0.15, -0.1) is 0 Å². The molecule has 0 fully saturated rings. The van der Waals surface area contributed by atoms with E-state index in [-0.39, 0.29) is 0 Å². The van der Waals surface area contributed by atoms with Crippen molar-refractivity contribution in [3.05, 3.63) is 34.9 Å². The van der Waals surface area contributed by atoms with Crippen molar-refractivity contribution in [1.82, 2.24) is 0 Å². The monoisotopic (exact) mass is 287 g/mol. The average Bonchev–Trinajstić information content (AvgIpc) is 2.45. The third-order valence-electron chi connectivity index (χ3n) is 4.27. The highest BCUT2D eigenvalue weighted by molar-refractivity contribution is 5.84. The zero-order valence-corrected chi connectivity index (χ0v) is 14.8. The molecule has 0 aliphatic carbocycles. The Kier molecular flexibility index (Phi) is 7.71. The molecule has 0 radical (unpaired) electrons. The van der Waals surface area contributed by atoms with Crippen LogP contribution in [0.5, 0.6) is 0 Å². The van der Waals surface area contributed by atoms with Crippen LogP contribution in [0.1, 0.15) is 77.0 Å². The second-order valence-corrected chi connectivity index (χ2v) is 6.81. The van der Waals surface area contributed by atoms with E-state index in [1.165, 1.54) is 29.5 Å². The lowest BCUT2D eigenvalue weighted by atomic mass is 9.90. The van der Waals surface area contributed by atoms with Gasteiger partial charge in [-0.05, 0) is 53.7 Å². The molecule has 0 saturated carbocycles. The Balaban J connectivity index is 2.89. The molecule has 1 rings (SSSR count). The third-order valence-corrected chi connectivity index (χ3v) is 4.27. The molecule has 1 aromatic carbocycles. The van der Waals surface area contributed by atoms with Gasteiger partial charge in [0.25, 0.3) is 0 Å². The van der Waals surface area contributed by atoms with Crippen LogP contribution in [-0.2, 0) is 6.42 Å². The fourth-order valence-electron chi connectivity index (χ4n) is 2.95. The first-order chi connectivity index (χ1) is 9.99. The molecule has 0 aromatic heterocycles. The molecule has 0 N–H and O–H groups in total. The summed E-state index contributed by atoms with van der Waals surface area (Å²) in [6.45, 7) is 14.6. The van der Waals surface area contributed by atoms with Crippen LogP contribution in [0.25, 0.3) is 0 Å². The Bertz CT molecular complexity index is 445. The van der Waals surface area contributed by atoms with Gasteiger partial charge in [0.15, 0.2) is 0 Å². The molecule has 2 unspecified atom stereocenters. The smallest absolute Gasteiger partial charge is 0.0415 e. The highest BCUT2D eigenvalue weighted by atomic mass is 14.7. The molecule has 0 bridgehead atoms. The van der Waals surface area contributed by atoms with Crippen molar-refractivity contribution in [1.29, 1.82) is 0 Å². The molecule has 1 aromatic rings. The summed E-state index contributed by atoms with van der Waals surface area (Å²) in [5.74, 6) is 2.03. The van der Waals surface area contributed by atoms with Crippen LogP contribution in [0, 0.1) is 11.8 Å². The molecule has 21 heavy (non-hydrogen) atoms. The Labute approximate surface area is 131 Å². The maximum absolute atomic E-state index is 4.76. The number of aryl methyl sites for hydroxylation is 1. The first kappa shape index (κ1) is 17.9. The maximum atomic E-state index is 4.76. The number of hydrogen-bond donors (Lipinski definition) is 0. The van der Waals surface area contributed by atoms with E-state index < -0.39 is 0 Å². The summed E-state index contributed by atoms with van der Waals surface area (Å²) in [5, 5.41) is 0. The van der Waals surface area contributed by atoms with Crippen molar-refractivity contribution in [3.63, 3.8) is 0 Å². The molecule has 0 saturated heterocycles.